The molecular weight excluding hydrogens is 480 g/mol. The molecule has 0 spiro atoms. The number of aliphatic hydroxyl groups excluding tert-OH is 1. The molecule has 2 aliphatic rings. The van der Waals surface area contributed by atoms with Gasteiger partial charge in [-0.2, -0.15) is 15.5 Å². The SMILES string of the molecule is CC(C)C(O)C(=O)NC[C@@H]1[C@H]2CN(c3ccc(-c4cc(-c5cnn(C)c5)cn5ncc(C#N)c45)cn3)C[C@@H]12. The predicted molar refractivity (Wildman–Crippen MR) is 142 cm³/mol. The first-order valence-corrected chi connectivity index (χ1v) is 12.9. The lowest BCUT2D eigenvalue weighted by Gasteiger charge is -2.21. The largest absolute Gasteiger partial charge is 0.383 e. The standard InChI is InChI=1S/C28H30N8O2/c1-16(2)27(37)28(38)31-11-22-23-14-35(15-24(22)23)25-5-4-17(8-30-25)21-6-18(20-10-32-34(3)12-20)13-36-26(21)19(7-29)9-33-36/h4-6,8-10,12-13,16,22-24,27,37H,11,14-15H2,1-3H3,(H,31,38)/t22-,23-,24+,27?. The Morgan fingerprint density at radius 1 is 1.13 bits per heavy atom. The average molecular weight is 511 g/mol. The first kappa shape index (κ1) is 24.1. The lowest BCUT2D eigenvalue weighted by molar-refractivity contribution is -0.131. The number of nitriles is 1. The van der Waals surface area contributed by atoms with Crippen LogP contribution in [-0.2, 0) is 11.8 Å². The number of aryl methyl sites for hydroxylation is 1. The van der Waals surface area contributed by atoms with Crippen molar-refractivity contribution in [2.45, 2.75) is 20.0 Å². The molecule has 1 saturated carbocycles. The number of aliphatic hydroxyl groups is 1. The fraction of sp³-hybridized carbons (Fsp3) is 0.393. The Hall–Kier alpha value is -4.23. The number of hydrogen-bond acceptors (Lipinski definition) is 7. The zero-order chi connectivity index (χ0) is 26.6. The second-order valence-corrected chi connectivity index (χ2v) is 10.7. The molecule has 0 aromatic carbocycles. The van der Waals surface area contributed by atoms with Crippen LogP contribution in [0.25, 0.3) is 27.8 Å². The van der Waals surface area contributed by atoms with Gasteiger partial charge in [0.05, 0.1) is 23.5 Å². The van der Waals surface area contributed by atoms with Crippen LogP contribution in [0.15, 0.2) is 49.2 Å². The maximum absolute atomic E-state index is 12.1. The minimum Gasteiger partial charge on any atom is -0.383 e. The molecular formula is C28H30N8O2. The summed E-state index contributed by atoms with van der Waals surface area (Å²) in [5.41, 5.74) is 4.99. The van der Waals surface area contributed by atoms with E-state index in [1.807, 2.05) is 57.8 Å². The Balaban J connectivity index is 1.18. The van der Waals surface area contributed by atoms with Gasteiger partial charge < -0.3 is 15.3 Å². The first-order chi connectivity index (χ1) is 18.3. The summed E-state index contributed by atoms with van der Waals surface area (Å²) >= 11 is 0. The number of rotatable bonds is 7. The number of amides is 1. The minimum atomic E-state index is -0.953. The quantitative estimate of drug-likeness (QED) is 0.391. The summed E-state index contributed by atoms with van der Waals surface area (Å²) < 4.78 is 3.50. The van der Waals surface area contributed by atoms with Crippen LogP contribution in [0.1, 0.15) is 19.4 Å². The molecule has 10 heteroatoms. The number of hydrogen-bond donors (Lipinski definition) is 2. The molecule has 4 aromatic rings. The Labute approximate surface area is 220 Å². The number of pyridine rings is 2. The van der Waals surface area contributed by atoms with E-state index in [4.69, 9.17) is 4.98 Å². The lowest BCUT2D eigenvalue weighted by atomic mass is 10.0. The third-order valence-electron chi connectivity index (χ3n) is 7.94. The van der Waals surface area contributed by atoms with Crippen molar-refractivity contribution in [2.24, 2.45) is 30.7 Å². The summed E-state index contributed by atoms with van der Waals surface area (Å²) in [7, 11) is 1.88. The van der Waals surface area contributed by atoms with E-state index in [-0.39, 0.29) is 11.8 Å². The summed E-state index contributed by atoms with van der Waals surface area (Å²) in [6.45, 7) is 6.11. The molecule has 1 unspecified atom stereocenters. The summed E-state index contributed by atoms with van der Waals surface area (Å²) in [6, 6.07) is 8.40. The van der Waals surface area contributed by atoms with E-state index in [0.717, 1.165) is 46.7 Å². The molecule has 194 valence electrons. The Kier molecular flexibility index (Phi) is 5.88. The van der Waals surface area contributed by atoms with Crippen LogP contribution in [-0.4, -0.2) is 61.1 Å². The fourth-order valence-electron chi connectivity index (χ4n) is 5.65. The van der Waals surface area contributed by atoms with Crippen molar-refractivity contribution in [3.05, 3.63) is 54.7 Å². The van der Waals surface area contributed by atoms with Gasteiger partial charge in [-0.3, -0.25) is 9.48 Å². The normalized spacial score (nSPS) is 20.9. The third-order valence-corrected chi connectivity index (χ3v) is 7.94. The van der Waals surface area contributed by atoms with Crippen molar-refractivity contribution in [3.8, 4) is 28.3 Å². The molecule has 0 radical (unpaired) electrons. The maximum Gasteiger partial charge on any atom is 0.249 e. The predicted octanol–water partition coefficient (Wildman–Crippen LogP) is 2.48. The number of anilines is 1. The number of nitrogens with zero attached hydrogens (tertiary/aromatic N) is 7. The smallest absolute Gasteiger partial charge is 0.249 e. The highest BCUT2D eigenvalue weighted by atomic mass is 16.3. The van der Waals surface area contributed by atoms with E-state index in [1.54, 1.807) is 15.4 Å². The van der Waals surface area contributed by atoms with Crippen LogP contribution in [0, 0.1) is 35.0 Å². The number of piperidine rings is 1. The highest BCUT2D eigenvalue weighted by molar-refractivity contribution is 5.87. The number of aromatic nitrogens is 5. The van der Waals surface area contributed by atoms with Crippen molar-refractivity contribution in [2.75, 3.05) is 24.5 Å². The molecule has 2 N–H and O–H groups in total. The number of fused-ring (bicyclic) bond motifs is 2. The van der Waals surface area contributed by atoms with Crippen molar-refractivity contribution >= 4 is 17.2 Å². The van der Waals surface area contributed by atoms with Crippen molar-refractivity contribution in [3.63, 3.8) is 0 Å². The van der Waals surface area contributed by atoms with Crippen molar-refractivity contribution in [1.82, 2.24) is 29.7 Å². The van der Waals surface area contributed by atoms with Gasteiger partial charge >= 0.3 is 0 Å². The molecule has 1 aliphatic heterocycles. The van der Waals surface area contributed by atoms with Gasteiger partial charge in [0, 0.05) is 67.5 Å². The Bertz CT molecular complexity index is 1540. The highest BCUT2D eigenvalue weighted by Gasteiger charge is 2.55. The van der Waals surface area contributed by atoms with Gasteiger partial charge in [-0.05, 0) is 41.9 Å². The molecule has 1 amide bonds. The van der Waals surface area contributed by atoms with E-state index in [2.05, 4.69) is 32.5 Å². The zero-order valence-electron chi connectivity index (χ0n) is 21.6. The van der Waals surface area contributed by atoms with Crippen LogP contribution >= 0.6 is 0 Å². The molecule has 1 aliphatic carbocycles. The van der Waals surface area contributed by atoms with Gasteiger partial charge in [0.25, 0.3) is 0 Å². The monoisotopic (exact) mass is 510 g/mol. The van der Waals surface area contributed by atoms with Crippen LogP contribution in [0.5, 0.6) is 0 Å². The van der Waals surface area contributed by atoms with Gasteiger partial charge in [-0.15, -0.1) is 0 Å². The van der Waals surface area contributed by atoms with Crippen LogP contribution in [0.3, 0.4) is 0 Å². The van der Waals surface area contributed by atoms with E-state index in [1.165, 1.54) is 0 Å². The summed E-state index contributed by atoms with van der Waals surface area (Å²) in [5, 5.41) is 31.2. The van der Waals surface area contributed by atoms with Gasteiger partial charge in [0.2, 0.25) is 5.91 Å². The second kappa shape index (κ2) is 9.26. The summed E-state index contributed by atoms with van der Waals surface area (Å²) in [4.78, 5) is 19.1. The zero-order valence-corrected chi connectivity index (χ0v) is 21.6. The molecule has 10 nitrogen and oxygen atoms in total. The lowest BCUT2D eigenvalue weighted by Crippen LogP contribution is -2.39. The maximum atomic E-state index is 12.1. The average Bonchev–Trinajstić information content (AvgIpc) is 3.36. The molecule has 5 heterocycles. The number of nitrogens with one attached hydrogen (secondary N) is 1. The summed E-state index contributed by atoms with van der Waals surface area (Å²) in [6.07, 6.45) is 8.17. The molecule has 0 bridgehead atoms. The molecule has 38 heavy (non-hydrogen) atoms. The third kappa shape index (κ3) is 4.19. The topological polar surface area (TPSA) is 124 Å². The Morgan fingerprint density at radius 2 is 1.92 bits per heavy atom. The van der Waals surface area contributed by atoms with E-state index in [0.29, 0.717) is 29.9 Å². The van der Waals surface area contributed by atoms with E-state index < -0.39 is 6.10 Å². The molecule has 4 aromatic heterocycles. The fourth-order valence-corrected chi connectivity index (χ4v) is 5.65. The summed E-state index contributed by atoms with van der Waals surface area (Å²) in [5.74, 6) is 2.09. The second-order valence-electron chi connectivity index (χ2n) is 10.7. The van der Waals surface area contributed by atoms with Gasteiger partial charge in [0.1, 0.15) is 18.0 Å². The minimum absolute atomic E-state index is 0.0902. The van der Waals surface area contributed by atoms with E-state index >= 15 is 0 Å². The van der Waals surface area contributed by atoms with E-state index in [9.17, 15) is 15.2 Å². The molecule has 2 fully saturated rings. The van der Waals surface area contributed by atoms with Crippen molar-refractivity contribution < 1.29 is 9.90 Å². The first-order valence-electron chi connectivity index (χ1n) is 12.9. The number of carbonyl (C=O) groups is 1. The molecule has 6 rings (SSSR count). The van der Waals surface area contributed by atoms with Gasteiger partial charge in [-0.1, -0.05) is 13.8 Å². The molecule has 1 saturated heterocycles. The van der Waals surface area contributed by atoms with Crippen LogP contribution in [0.2, 0.25) is 0 Å². The van der Waals surface area contributed by atoms with Crippen molar-refractivity contribution in [1.29, 1.82) is 5.26 Å². The highest BCUT2D eigenvalue weighted by Crippen LogP contribution is 2.52. The van der Waals surface area contributed by atoms with Gasteiger partial charge in [0.15, 0.2) is 0 Å². The van der Waals surface area contributed by atoms with Gasteiger partial charge in [-0.25, -0.2) is 9.50 Å². The number of carbonyl (C=O) groups excluding carboxylic acids is 1. The van der Waals surface area contributed by atoms with Crippen LogP contribution in [0.4, 0.5) is 5.82 Å². The molecule has 4 atom stereocenters. The Morgan fingerprint density at radius 3 is 2.55 bits per heavy atom. The van der Waals surface area contributed by atoms with Crippen LogP contribution < -0.4 is 10.2 Å².